The number of rotatable bonds is 11. The first-order chi connectivity index (χ1) is 32.1. The third kappa shape index (κ3) is 8.81. The van der Waals surface area contributed by atoms with Crippen molar-refractivity contribution >= 4 is 40.3 Å². The molecule has 342 valence electrons. The van der Waals surface area contributed by atoms with Gasteiger partial charge in [0.25, 0.3) is 5.91 Å². The van der Waals surface area contributed by atoms with Crippen molar-refractivity contribution in [2.45, 2.75) is 89.0 Å². The number of fused-ring (bicyclic) bond motifs is 2. The van der Waals surface area contributed by atoms with E-state index in [-0.39, 0.29) is 41.9 Å². The molecular weight excluding hydrogens is 834 g/mol. The number of aryl methyl sites for hydroxylation is 1. The molecule has 15 heteroatoms. The second-order valence-electron chi connectivity index (χ2n) is 18.5. The Hall–Kier alpha value is -6.45. The van der Waals surface area contributed by atoms with Gasteiger partial charge < -0.3 is 20.1 Å². The van der Waals surface area contributed by atoms with Crippen molar-refractivity contribution in [1.29, 1.82) is 0 Å². The minimum Gasteiger partial charge on any atom is -0.374 e. The number of imide groups is 1. The van der Waals surface area contributed by atoms with Crippen LogP contribution in [0.5, 0.6) is 0 Å². The van der Waals surface area contributed by atoms with E-state index < -0.39 is 6.04 Å². The molecule has 14 nitrogen and oxygen atoms in total. The number of carbonyl (C=O) groups is 3. The number of hydrogen-bond acceptors (Lipinski definition) is 10. The number of pyridine rings is 2. The summed E-state index contributed by atoms with van der Waals surface area (Å²) < 4.78 is 19.6. The van der Waals surface area contributed by atoms with Gasteiger partial charge in [-0.15, -0.1) is 0 Å². The molecule has 0 radical (unpaired) electrons. The Morgan fingerprint density at radius 3 is 2.39 bits per heavy atom. The number of hydrogen-bond donors (Lipinski definition) is 3. The van der Waals surface area contributed by atoms with Gasteiger partial charge in [-0.3, -0.25) is 34.2 Å². The second kappa shape index (κ2) is 18.4. The third-order valence-corrected chi connectivity index (χ3v) is 14.6. The number of halogens is 1. The lowest BCUT2D eigenvalue weighted by Gasteiger charge is -2.36. The highest BCUT2D eigenvalue weighted by Crippen LogP contribution is 2.37. The Labute approximate surface area is 384 Å². The molecule has 0 bridgehead atoms. The van der Waals surface area contributed by atoms with E-state index in [1.807, 2.05) is 59.4 Å². The summed E-state index contributed by atoms with van der Waals surface area (Å²) >= 11 is 0. The van der Waals surface area contributed by atoms with Gasteiger partial charge in [0.2, 0.25) is 11.8 Å². The second-order valence-corrected chi connectivity index (χ2v) is 18.5. The predicted octanol–water partition coefficient (Wildman–Crippen LogP) is 7.21. The summed E-state index contributed by atoms with van der Waals surface area (Å²) in [6, 6.07) is 23.7. The van der Waals surface area contributed by atoms with Crippen molar-refractivity contribution in [2.24, 2.45) is 7.05 Å². The van der Waals surface area contributed by atoms with E-state index in [0.717, 1.165) is 96.8 Å². The zero-order valence-corrected chi connectivity index (χ0v) is 38.0. The fourth-order valence-electron chi connectivity index (χ4n) is 10.7. The highest BCUT2D eigenvalue weighted by atomic mass is 19.1. The van der Waals surface area contributed by atoms with Gasteiger partial charge in [0.1, 0.15) is 23.3 Å². The van der Waals surface area contributed by atoms with Crippen LogP contribution in [-0.2, 0) is 36.3 Å². The zero-order chi connectivity index (χ0) is 45.5. The summed E-state index contributed by atoms with van der Waals surface area (Å²) in [5.41, 5.74) is 9.72. The van der Waals surface area contributed by atoms with Crippen LogP contribution in [0.2, 0.25) is 0 Å². The van der Waals surface area contributed by atoms with Gasteiger partial charge in [0.15, 0.2) is 0 Å². The minimum absolute atomic E-state index is 0.0483. The Bertz CT molecular complexity index is 2750. The van der Waals surface area contributed by atoms with Crippen molar-refractivity contribution in [3.05, 3.63) is 125 Å². The molecule has 10 rings (SSSR count). The van der Waals surface area contributed by atoms with Gasteiger partial charge in [-0.05, 0) is 148 Å². The molecule has 0 saturated carbocycles. The van der Waals surface area contributed by atoms with E-state index in [9.17, 15) is 14.4 Å². The van der Waals surface area contributed by atoms with Crippen LogP contribution in [0.25, 0.3) is 22.2 Å². The van der Waals surface area contributed by atoms with Crippen molar-refractivity contribution in [3.63, 3.8) is 0 Å². The largest absolute Gasteiger partial charge is 0.374 e. The molecule has 4 aliphatic heterocycles. The number of piperidine rings is 3. The number of nitrogens with zero attached hydrogens (tertiary/aromatic N) is 8. The topological polar surface area (TPSA) is 146 Å². The molecule has 1 unspecified atom stereocenters. The molecule has 3 saturated heterocycles. The lowest BCUT2D eigenvalue weighted by Crippen LogP contribution is -2.47. The summed E-state index contributed by atoms with van der Waals surface area (Å²) in [6.45, 7) is 8.46. The summed E-state index contributed by atoms with van der Waals surface area (Å²) in [5.74, 6) is 0.520. The minimum atomic E-state index is -0.550. The number of anilines is 2. The van der Waals surface area contributed by atoms with Crippen LogP contribution in [0.15, 0.2) is 85.2 Å². The van der Waals surface area contributed by atoms with Crippen LogP contribution in [-0.4, -0.2) is 103 Å². The number of nitrogens with one attached hydrogen (secondary N) is 3. The molecule has 0 spiro atoms. The molecule has 3 N–H and O–H groups in total. The highest BCUT2D eigenvalue weighted by Gasteiger charge is 2.30. The molecule has 2 aromatic carbocycles. The molecule has 3 amide bonds. The van der Waals surface area contributed by atoms with Crippen LogP contribution in [0.3, 0.4) is 0 Å². The monoisotopic (exact) mass is 891 g/mol. The Balaban J connectivity index is 0.698. The van der Waals surface area contributed by atoms with Gasteiger partial charge in [-0.1, -0.05) is 18.2 Å². The van der Waals surface area contributed by atoms with Gasteiger partial charge in [-0.25, -0.2) is 14.4 Å². The first-order valence-corrected chi connectivity index (χ1v) is 23.5. The van der Waals surface area contributed by atoms with Crippen LogP contribution in [0.1, 0.15) is 102 Å². The smallest absolute Gasteiger partial charge is 0.254 e. The lowest BCUT2D eigenvalue weighted by molar-refractivity contribution is -0.133. The SMILES string of the molecule is CNc1ccc(-c2ccnc3c2cc([C@H](C)N2CCC(c4ccc(C(=O)N5CCn6nc(CN7CCC(c8ccc(NC9CCC(=O)NC9=O)cc8F)CC7)cc6C5)cc4)CC2)n3C)cn1. The average molecular weight is 892 g/mol. The first-order valence-electron chi connectivity index (χ1n) is 23.5. The fourth-order valence-corrected chi connectivity index (χ4v) is 10.7. The van der Waals surface area contributed by atoms with E-state index in [1.54, 1.807) is 0 Å². The Morgan fingerprint density at radius 2 is 1.67 bits per heavy atom. The Morgan fingerprint density at radius 1 is 0.879 bits per heavy atom. The van der Waals surface area contributed by atoms with E-state index >= 15 is 4.39 Å². The molecule has 3 fully saturated rings. The molecule has 0 aliphatic carbocycles. The van der Waals surface area contributed by atoms with E-state index in [4.69, 9.17) is 10.1 Å². The molecule has 6 aromatic rings. The lowest BCUT2D eigenvalue weighted by atomic mass is 9.88. The summed E-state index contributed by atoms with van der Waals surface area (Å²) in [6.07, 6.45) is 8.25. The summed E-state index contributed by atoms with van der Waals surface area (Å²) in [5, 5.41) is 14.6. The molecule has 8 heterocycles. The van der Waals surface area contributed by atoms with Gasteiger partial charge in [0.05, 0.1) is 24.5 Å². The van der Waals surface area contributed by atoms with Crippen LogP contribution in [0, 0.1) is 5.82 Å². The van der Waals surface area contributed by atoms with Crippen molar-refractivity contribution in [3.8, 4) is 11.1 Å². The zero-order valence-electron chi connectivity index (χ0n) is 38.0. The van der Waals surface area contributed by atoms with Crippen LogP contribution >= 0.6 is 0 Å². The molecule has 4 aromatic heterocycles. The molecule has 2 atom stereocenters. The third-order valence-electron chi connectivity index (χ3n) is 14.6. The summed E-state index contributed by atoms with van der Waals surface area (Å²) in [7, 11) is 3.99. The maximum atomic E-state index is 15.3. The predicted molar refractivity (Wildman–Crippen MR) is 252 cm³/mol. The van der Waals surface area contributed by atoms with Crippen LogP contribution < -0.4 is 16.0 Å². The number of benzene rings is 2. The van der Waals surface area contributed by atoms with E-state index in [0.29, 0.717) is 49.8 Å². The molecule has 66 heavy (non-hydrogen) atoms. The van der Waals surface area contributed by atoms with E-state index in [2.05, 4.69) is 85.7 Å². The van der Waals surface area contributed by atoms with Crippen molar-refractivity contribution in [1.82, 2.24) is 44.3 Å². The number of likely N-dealkylation sites (tertiary alicyclic amines) is 2. The molecular formula is C51H58FN11O3. The number of amides is 3. The van der Waals surface area contributed by atoms with Gasteiger partial charge in [-0.2, -0.15) is 5.10 Å². The summed E-state index contributed by atoms with van der Waals surface area (Å²) in [4.78, 5) is 53.6. The fraction of sp³-hybridized carbons (Fsp3) is 0.412. The van der Waals surface area contributed by atoms with Gasteiger partial charge >= 0.3 is 0 Å². The molecule has 4 aliphatic rings. The first kappa shape index (κ1) is 43.4. The van der Waals surface area contributed by atoms with Gasteiger partial charge in [0, 0.05) is 79.9 Å². The standard InChI is InChI=1S/C51H58FN11O3/c1-32(46-28-43-41(14-19-54-49(43)59(46)3)37-8-12-47(53-2)55-29-37)61-22-17-34(18-23-61)33-4-6-36(7-5-33)51(66)62-24-25-63-40(31-62)26-39(58-63)30-60-20-15-35(16-21-60)42-10-9-38(27-44(42)52)56-45-11-13-48(64)57-50(45)65/h4-10,12,14,19,26-29,32,34-35,45,56H,11,13,15-18,20-25,30-31H2,1-3H3,(H,53,55)(H,57,64,65)/t32-,45?/m0/s1. The number of carbonyl (C=O) groups excluding carboxylic acids is 3. The quantitative estimate of drug-likeness (QED) is 0.114. The average Bonchev–Trinajstić information content (AvgIpc) is 3.91. The normalized spacial score (nSPS) is 19.5. The van der Waals surface area contributed by atoms with Crippen LogP contribution in [0.4, 0.5) is 15.9 Å². The maximum absolute atomic E-state index is 15.3. The maximum Gasteiger partial charge on any atom is 0.254 e. The number of aromatic nitrogens is 5. The highest BCUT2D eigenvalue weighted by molar-refractivity contribution is 6.01. The van der Waals surface area contributed by atoms with Crippen molar-refractivity contribution in [2.75, 3.05) is 50.4 Å². The van der Waals surface area contributed by atoms with Crippen molar-refractivity contribution < 1.29 is 18.8 Å². The van der Waals surface area contributed by atoms with E-state index in [1.165, 1.54) is 17.3 Å². The Kier molecular flexibility index (Phi) is 12.1.